The zero-order valence-electron chi connectivity index (χ0n) is 19.3. The van der Waals surface area contributed by atoms with Crippen molar-refractivity contribution in [2.75, 3.05) is 11.8 Å². The van der Waals surface area contributed by atoms with E-state index in [9.17, 15) is 13.2 Å². The Hall–Kier alpha value is -3.32. The van der Waals surface area contributed by atoms with Gasteiger partial charge in [-0.1, -0.05) is 50.2 Å². The highest BCUT2D eigenvalue weighted by Gasteiger charge is 2.22. The van der Waals surface area contributed by atoms with Gasteiger partial charge >= 0.3 is 0 Å². The molecule has 3 aromatic carbocycles. The van der Waals surface area contributed by atoms with Crippen LogP contribution in [-0.2, 0) is 10.0 Å². The summed E-state index contributed by atoms with van der Waals surface area (Å²) in [6.45, 7) is 5.89. The lowest BCUT2D eigenvalue weighted by atomic mass is 9.96. The normalized spacial score (nSPS) is 12.3. The molecule has 0 aliphatic rings. The minimum Gasteiger partial charge on any atom is -0.497 e. The largest absolute Gasteiger partial charge is 0.497 e. The van der Waals surface area contributed by atoms with Crippen LogP contribution in [0.1, 0.15) is 47.8 Å². The van der Waals surface area contributed by atoms with E-state index >= 15 is 0 Å². The summed E-state index contributed by atoms with van der Waals surface area (Å²) < 4.78 is 33.8. The molecule has 33 heavy (non-hydrogen) atoms. The van der Waals surface area contributed by atoms with E-state index in [1.165, 1.54) is 6.07 Å². The number of methoxy groups -OCH3 is 1. The molecule has 0 unspecified atom stereocenters. The van der Waals surface area contributed by atoms with Crippen LogP contribution in [0.15, 0.2) is 77.7 Å². The van der Waals surface area contributed by atoms with Gasteiger partial charge < -0.3 is 10.1 Å². The molecule has 0 aliphatic heterocycles. The number of nitrogens with one attached hydrogen (secondary N) is 2. The summed E-state index contributed by atoms with van der Waals surface area (Å²) in [6.07, 6.45) is 0.741. The molecular weight excluding hydrogens is 436 g/mol. The Labute approximate surface area is 196 Å². The van der Waals surface area contributed by atoms with Crippen LogP contribution in [0.3, 0.4) is 0 Å². The molecule has 6 nitrogen and oxygen atoms in total. The zero-order valence-corrected chi connectivity index (χ0v) is 20.1. The molecule has 3 aromatic rings. The number of ether oxygens (including phenoxy) is 1. The summed E-state index contributed by atoms with van der Waals surface area (Å²) in [5.74, 6) is 0.765. The van der Waals surface area contributed by atoms with E-state index in [-0.39, 0.29) is 22.4 Å². The maximum atomic E-state index is 13.1. The highest BCUT2D eigenvalue weighted by Crippen LogP contribution is 2.25. The van der Waals surface area contributed by atoms with Crippen LogP contribution in [0.4, 0.5) is 5.69 Å². The molecule has 0 bridgehead atoms. The van der Waals surface area contributed by atoms with Gasteiger partial charge in [-0.15, -0.1) is 0 Å². The Kier molecular flexibility index (Phi) is 7.76. The summed E-state index contributed by atoms with van der Waals surface area (Å²) >= 11 is 0. The summed E-state index contributed by atoms with van der Waals surface area (Å²) in [5.41, 5.74) is 2.27. The van der Waals surface area contributed by atoms with E-state index in [1.807, 2.05) is 30.3 Å². The maximum absolute atomic E-state index is 13.1. The van der Waals surface area contributed by atoms with E-state index in [0.717, 1.165) is 17.7 Å². The van der Waals surface area contributed by atoms with Gasteiger partial charge in [-0.3, -0.25) is 9.52 Å². The van der Waals surface area contributed by atoms with Crippen molar-refractivity contribution in [3.05, 3.63) is 89.5 Å². The maximum Gasteiger partial charge on any atom is 0.262 e. The van der Waals surface area contributed by atoms with Crippen LogP contribution in [0.25, 0.3) is 0 Å². The molecule has 0 heterocycles. The van der Waals surface area contributed by atoms with E-state index in [1.54, 1.807) is 50.4 Å². The van der Waals surface area contributed by atoms with Crippen molar-refractivity contribution >= 4 is 21.6 Å². The summed E-state index contributed by atoms with van der Waals surface area (Å²) in [7, 11) is -2.24. The van der Waals surface area contributed by atoms with Gasteiger partial charge in [0, 0.05) is 11.3 Å². The van der Waals surface area contributed by atoms with Gasteiger partial charge in [0.25, 0.3) is 15.9 Å². The van der Waals surface area contributed by atoms with Gasteiger partial charge in [0.05, 0.1) is 18.0 Å². The second kappa shape index (κ2) is 10.5. The van der Waals surface area contributed by atoms with Crippen molar-refractivity contribution < 1.29 is 17.9 Å². The predicted molar refractivity (Wildman–Crippen MR) is 131 cm³/mol. The lowest BCUT2D eigenvalue weighted by molar-refractivity contribution is 0.0931. The number of aryl methyl sites for hydroxylation is 1. The van der Waals surface area contributed by atoms with Crippen molar-refractivity contribution in [1.82, 2.24) is 5.32 Å². The fourth-order valence-corrected chi connectivity index (χ4v) is 4.91. The third-order valence-corrected chi connectivity index (χ3v) is 6.82. The molecule has 3 rings (SSSR count). The Bertz CT molecular complexity index is 1190. The van der Waals surface area contributed by atoms with Gasteiger partial charge in [-0.25, -0.2) is 8.42 Å². The van der Waals surface area contributed by atoms with Crippen LogP contribution in [0, 0.1) is 12.8 Å². The molecule has 0 saturated heterocycles. The standard InChI is InChI=1S/C26H30N2O4S/c1-18(2)16-24(20-12-14-23(32-4)15-13-20)27-26(29)21-11-10-19(3)25(17-21)33(30,31)28-22-8-6-5-7-9-22/h5-15,17-18,24,28H,16H2,1-4H3,(H,27,29)/t24-/m0/s1. The molecule has 7 heteroatoms. The third-order valence-electron chi connectivity index (χ3n) is 5.30. The molecule has 1 atom stereocenters. The molecule has 0 radical (unpaired) electrons. The average Bonchev–Trinajstić information content (AvgIpc) is 2.79. The number of rotatable bonds is 9. The van der Waals surface area contributed by atoms with Crippen molar-refractivity contribution in [3.63, 3.8) is 0 Å². The number of hydrogen-bond acceptors (Lipinski definition) is 4. The number of benzene rings is 3. The molecule has 174 valence electrons. The zero-order chi connectivity index (χ0) is 24.0. The van der Waals surface area contributed by atoms with Crippen molar-refractivity contribution in [1.29, 1.82) is 0 Å². The smallest absolute Gasteiger partial charge is 0.262 e. The van der Waals surface area contributed by atoms with Crippen LogP contribution in [0.5, 0.6) is 5.75 Å². The Balaban J connectivity index is 1.86. The molecule has 0 spiro atoms. The predicted octanol–water partition coefficient (Wildman–Crippen LogP) is 5.32. The minimum atomic E-state index is -3.85. The Morgan fingerprint density at radius 1 is 0.970 bits per heavy atom. The van der Waals surface area contributed by atoms with E-state index in [2.05, 4.69) is 23.9 Å². The highest BCUT2D eigenvalue weighted by molar-refractivity contribution is 7.92. The number of amides is 1. The van der Waals surface area contributed by atoms with Crippen molar-refractivity contribution in [2.24, 2.45) is 5.92 Å². The Morgan fingerprint density at radius 3 is 2.24 bits per heavy atom. The van der Waals surface area contributed by atoms with E-state index in [0.29, 0.717) is 17.2 Å². The second-order valence-electron chi connectivity index (χ2n) is 8.38. The Morgan fingerprint density at radius 2 is 1.64 bits per heavy atom. The fourth-order valence-electron chi connectivity index (χ4n) is 3.57. The molecule has 0 aromatic heterocycles. The van der Waals surface area contributed by atoms with Gasteiger partial charge in [-0.05, 0) is 66.8 Å². The lowest BCUT2D eigenvalue weighted by Gasteiger charge is -2.22. The molecule has 1 amide bonds. The molecule has 0 aliphatic carbocycles. The molecule has 2 N–H and O–H groups in total. The number of carbonyl (C=O) groups is 1. The number of hydrogen-bond donors (Lipinski definition) is 2. The fraction of sp³-hybridized carbons (Fsp3) is 0.269. The summed E-state index contributed by atoms with van der Waals surface area (Å²) in [5, 5.41) is 3.07. The average molecular weight is 467 g/mol. The molecule has 0 fully saturated rings. The van der Waals surface area contributed by atoms with Gasteiger partial charge in [0.2, 0.25) is 0 Å². The summed E-state index contributed by atoms with van der Waals surface area (Å²) in [6, 6.07) is 20.8. The van der Waals surface area contributed by atoms with E-state index in [4.69, 9.17) is 4.74 Å². The summed E-state index contributed by atoms with van der Waals surface area (Å²) in [4.78, 5) is 13.2. The lowest BCUT2D eigenvalue weighted by Crippen LogP contribution is -2.29. The van der Waals surface area contributed by atoms with Crippen LogP contribution in [0.2, 0.25) is 0 Å². The first kappa shape index (κ1) is 24.3. The van der Waals surface area contributed by atoms with Crippen LogP contribution in [-0.4, -0.2) is 21.4 Å². The number of sulfonamides is 1. The van der Waals surface area contributed by atoms with Crippen molar-refractivity contribution in [2.45, 2.75) is 38.1 Å². The topological polar surface area (TPSA) is 84.5 Å². The van der Waals surface area contributed by atoms with Crippen LogP contribution < -0.4 is 14.8 Å². The number of anilines is 1. The number of para-hydroxylation sites is 1. The first-order valence-electron chi connectivity index (χ1n) is 10.8. The van der Waals surface area contributed by atoms with E-state index < -0.39 is 10.0 Å². The highest BCUT2D eigenvalue weighted by atomic mass is 32.2. The first-order valence-corrected chi connectivity index (χ1v) is 12.3. The first-order chi connectivity index (χ1) is 15.7. The van der Waals surface area contributed by atoms with Gasteiger partial charge in [0.15, 0.2) is 0 Å². The monoisotopic (exact) mass is 466 g/mol. The van der Waals surface area contributed by atoms with Gasteiger partial charge in [0.1, 0.15) is 5.75 Å². The SMILES string of the molecule is COc1ccc([C@H](CC(C)C)NC(=O)c2ccc(C)c(S(=O)(=O)Nc3ccccc3)c2)cc1. The second-order valence-corrected chi connectivity index (χ2v) is 10.0. The molecular formula is C26H30N2O4S. The van der Waals surface area contributed by atoms with Gasteiger partial charge in [-0.2, -0.15) is 0 Å². The number of carbonyl (C=O) groups excluding carboxylic acids is 1. The van der Waals surface area contributed by atoms with Crippen molar-refractivity contribution in [3.8, 4) is 5.75 Å². The third kappa shape index (κ3) is 6.35. The quantitative estimate of drug-likeness (QED) is 0.447. The minimum absolute atomic E-state index is 0.0730. The molecule has 0 saturated carbocycles. The van der Waals surface area contributed by atoms with Crippen LogP contribution >= 0.6 is 0 Å².